The molecule has 1 rings (SSSR count). The molecule has 3 nitrogen and oxygen atoms in total. The Balaban J connectivity index is 2.59. The van der Waals surface area contributed by atoms with E-state index in [1.165, 1.54) is 12.1 Å². The van der Waals surface area contributed by atoms with E-state index >= 15 is 0 Å². The lowest BCUT2D eigenvalue weighted by molar-refractivity contribution is 0.204. The Morgan fingerprint density at radius 1 is 1.12 bits per heavy atom. The van der Waals surface area contributed by atoms with Gasteiger partial charge in [0.25, 0.3) is 0 Å². The standard InChI is InChI=1S/C9H5Cl4NO2/c10-5-1-3-6(4-2-5)16-9(15)14-8(13)7(11)12/h1-4H,(H,14,15). The number of rotatable bonds is 2. The van der Waals surface area contributed by atoms with E-state index in [4.69, 9.17) is 51.1 Å². The lowest BCUT2D eigenvalue weighted by Crippen LogP contribution is -2.24. The number of benzene rings is 1. The smallest absolute Gasteiger partial charge is 0.410 e. The lowest BCUT2D eigenvalue weighted by atomic mass is 10.3. The second-order valence-corrected chi connectivity index (χ2v) is 4.31. The van der Waals surface area contributed by atoms with Gasteiger partial charge in [-0.3, -0.25) is 5.32 Å². The number of amides is 1. The molecular weight excluding hydrogens is 296 g/mol. The summed E-state index contributed by atoms with van der Waals surface area (Å²) >= 11 is 21.8. The maximum Gasteiger partial charge on any atom is 0.417 e. The van der Waals surface area contributed by atoms with Gasteiger partial charge in [0.2, 0.25) is 0 Å². The predicted octanol–water partition coefficient (Wildman–Crippen LogP) is 4.27. The monoisotopic (exact) mass is 299 g/mol. The highest BCUT2D eigenvalue weighted by Crippen LogP contribution is 2.17. The van der Waals surface area contributed by atoms with E-state index in [0.717, 1.165) is 0 Å². The molecule has 0 unspecified atom stereocenters. The van der Waals surface area contributed by atoms with Crippen molar-refractivity contribution in [1.82, 2.24) is 5.32 Å². The topological polar surface area (TPSA) is 38.3 Å². The van der Waals surface area contributed by atoms with Crippen LogP contribution in [0.2, 0.25) is 5.02 Å². The molecule has 1 N–H and O–H groups in total. The second kappa shape index (κ2) is 6.21. The summed E-state index contributed by atoms with van der Waals surface area (Å²) in [5.41, 5.74) is 0. The van der Waals surface area contributed by atoms with Crippen LogP contribution in [0.5, 0.6) is 5.75 Å². The van der Waals surface area contributed by atoms with Crippen LogP contribution in [0, 0.1) is 0 Å². The van der Waals surface area contributed by atoms with E-state index in [0.29, 0.717) is 10.8 Å². The summed E-state index contributed by atoms with van der Waals surface area (Å²) in [5, 5.41) is 2.46. The number of carbonyl (C=O) groups is 1. The van der Waals surface area contributed by atoms with Crippen molar-refractivity contribution in [3.63, 3.8) is 0 Å². The minimum Gasteiger partial charge on any atom is -0.410 e. The van der Waals surface area contributed by atoms with Gasteiger partial charge in [-0.1, -0.05) is 46.4 Å². The fraction of sp³-hybridized carbons (Fsp3) is 0. The molecule has 0 bridgehead atoms. The number of hydrogen-bond acceptors (Lipinski definition) is 2. The highest BCUT2D eigenvalue weighted by atomic mass is 35.5. The Bertz CT molecular complexity index is 412. The fourth-order valence-electron chi connectivity index (χ4n) is 0.772. The minimum atomic E-state index is -0.800. The first-order chi connectivity index (χ1) is 7.49. The molecule has 0 aliphatic carbocycles. The molecule has 0 fully saturated rings. The maximum absolute atomic E-state index is 11.2. The van der Waals surface area contributed by atoms with E-state index in [9.17, 15) is 4.79 Å². The van der Waals surface area contributed by atoms with Crippen LogP contribution in [0.15, 0.2) is 33.9 Å². The predicted molar refractivity (Wildman–Crippen MR) is 65.2 cm³/mol. The third-order valence-corrected chi connectivity index (χ3v) is 2.51. The van der Waals surface area contributed by atoms with Crippen molar-refractivity contribution in [2.24, 2.45) is 0 Å². The molecule has 0 aromatic heterocycles. The fourth-order valence-corrected chi connectivity index (χ4v) is 1.07. The normalized spacial score (nSPS) is 9.50. The van der Waals surface area contributed by atoms with Crippen LogP contribution < -0.4 is 10.1 Å². The van der Waals surface area contributed by atoms with Gasteiger partial charge in [-0.2, -0.15) is 0 Å². The van der Waals surface area contributed by atoms with Gasteiger partial charge in [0.1, 0.15) is 15.4 Å². The summed E-state index contributed by atoms with van der Waals surface area (Å²) in [6, 6.07) is 6.22. The Morgan fingerprint density at radius 3 is 2.19 bits per heavy atom. The molecule has 1 aromatic carbocycles. The van der Waals surface area contributed by atoms with Crippen molar-refractivity contribution < 1.29 is 9.53 Å². The van der Waals surface area contributed by atoms with Crippen LogP contribution in [0.1, 0.15) is 0 Å². The molecule has 0 spiro atoms. The van der Waals surface area contributed by atoms with Crippen molar-refractivity contribution >= 4 is 52.5 Å². The first-order valence-corrected chi connectivity index (χ1v) is 5.45. The summed E-state index contributed by atoms with van der Waals surface area (Å²) in [5.74, 6) is 0.317. The molecule has 0 aliphatic rings. The molecule has 1 aromatic rings. The summed E-state index contributed by atoms with van der Waals surface area (Å²) in [6.07, 6.45) is -0.800. The summed E-state index contributed by atoms with van der Waals surface area (Å²) in [7, 11) is 0. The number of halogens is 4. The van der Waals surface area contributed by atoms with Gasteiger partial charge < -0.3 is 4.74 Å². The molecule has 0 saturated carbocycles. The zero-order valence-corrected chi connectivity index (χ0v) is 10.7. The third-order valence-electron chi connectivity index (χ3n) is 1.40. The number of carbonyl (C=O) groups excluding carboxylic acids is 1. The zero-order chi connectivity index (χ0) is 12.1. The minimum absolute atomic E-state index is 0.206. The van der Waals surface area contributed by atoms with E-state index in [1.54, 1.807) is 12.1 Å². The number of hydrogen-bond donors (Lipinski definition) is 1. The molecule has 0 radical (unpaired) electrons. The average molecular weight is 301 g/mol. The summed E-state index contributed by atoms with van der Waals surface area (Å²) in [6.45, 7) is 0. The average Bonchev–Trinajstić information content (AvgIpc) is 2.21. The van der Waals surface area contributed by atoms with Gasteiger partial charge in [-0.25, -0.2) is 4.79 Å². The Morgan fingerprint density at radius 2 is 1.69 bits per heavy atom. The summed E-state index contributed by atoms with van der Waals surface area (Å²) < 4.78 is 4.59. The van der Waals surface area contributed by atoms with Crippen molar-refractivity contribution in [3.05, 3.63) is 38.9 Å². The molecule has 7 heteroatoms. The maximum atomic E-state index is 11.2. The molecule has 16 heavy (non-hydrogen) atoms. The van der Waals surface area contributed by atoms with Crippen molar-refractivity contribution in [3.8, 4) is 5.75 Å². The third kappa shape index (κ3) is 4.49. The van der Waals surface area contributed by atoms with E-state index in [2.05, 4.69) is 5.32 Å². The van der Waals surface area contributed by atoms with Gasteiger partial charge in [0.15, 0.2) is 0 Å². The van der Waals surface area contributed by atoms with E-state index in [-0.39, 0.29) is 9.65 Å². The van der Waals surface area contributed by atoms with Crippen molar-refractivity contribution in [2.45, 2.75) is 0 Å². The van der Waals surface area contributed by atoms with Crippen molar-refractivity contribution in [1.29, 1.82) is 0 Å². The SMILES string of the molecule is O=C(NC(Cl)=C(Cl)Cl)Oc1ccc(Cl)cc1. The van der Waals surface area contributed by atoms with Crippen LogP contribution in [0.25, 0.3) is 0 Å². The number of nitrogens with one attached hydrogen (secondary N) is 1. The van der Waals surface area contributed by atoms with Crippen LogP contribution in [-0.4, -0.2) is 6.09 Å². The quantitative estimate of drug-likeness (QED) is 0.828. The Labute approximate surface area is 112 Å². The Kier molecular flexibility index (Phi) is 5.22. The van der Waals surface area contributed by atoms with Gasteiger partial charge >= 0.3 is 6.09 Å². The number of ether oxygens (including phenoxy) is 1. The van der Waals surface area contributed by atoms with Crippen molar-refractivity contribution in [2.75, 3.05) is 0 Å². The molecule has 0 saturated heterocycles. The van der Waals surface area contributed by atoms with Crippen LogP contribution >= 0.6 is 46.4 Å². The summed E-state index contributed by atoms with van der Waals surface area (Å²) in [4.78, 5) is 11.2. The molecule has 0 atom stereocenters. The highest BCUT2D eigenvalue weighted by Gasteiger charge is 2.07. The molecule has 86 valence electrons. The van der Waals surface area contributed by atoms with Gasteiger partial charge in [-0.05, 0) is 24.3 Å². The van der Waals surface area contributed by atoms with Crippen LogP contribution in [0.3, 0.4) is 0 Å². The molecule has 1 amide bonds. The van der Waals surface area contributed by atoms with E-state index in [1.807, 2.05) is 0 Å². The molecule has 0 aliphatic heterocycles. The van der Waals surface area contributed by atoms with Crippen LogP contribution in [0.4, 0.5) is 4.79 Å². The second-order valence-electron chi connectivity index (χ2n) is 2.54. The molecule has 0 heterocycles. The van der Waals surface area contributed by atoms with Gasteiger partial charge in [0, 0.05) is 5.02 Å². The largest absolute Gasteiger partial charge is 0.417 e. The Hall–Kier alpha value is -0.610. The highest BCUT2D eigenvalue weighted by molar-refractivity contribution is 6.59. The first-order valence-electron chi connectivity index (χ1n) is 3.94. The van der Waals surface area contributed by atoms with Crippen LogP contribution in [-0.2, 0) is 0 Å². The molecular formula is C9H5Cl4NO2. The van der Waals surface area contributed by atoms with Gasteiger partial charge in [0.05, 0.1) is 0 Å². The lowest BCUT2D eigenvalue weighted by Gasteiger charge is -2.05. The zero-order valence-electron chi connectivity index (χ0n) is 7.64. The van der Waals surface area contributed by atoms with E-state index < -0.39 is 6.09 Å². The van der Waals surface area contributed by atoms with Gasteiger partial charge in [-0.15, -0.1) is 0 Å². The first kappa shape index (κ1) is 13.5.